The standard InChI is InChI=1S/C25H18BrF6N5O/c26-16-6-11-1-2-33-24(11)35-20(16)17(5-10-3-12(27)7-13(28)4-10)34-18(38)9-37-22-19(21(36-37)23(29)30)14-8-15(14)25(22,31)32/h1-4,6-7,14-15,17,23H,5,8-9H2,(H,33,35)(H,34,38)/t14-,15+,17-/m0/s1. The molecular formula is C25H18BrF6N5O. The van der Waals surface area contributed by atoms with E-state index in [0.717, 1.165) is 17.5 Å². The Morgan fingerprint density at radius 3 is 2.63 bits per heavy atom. The summed E-state index contributed by atoms with van der Waals surface area (Å²) in [4.78, 5) is 20.6. The van der Waals surface area contributed by atoms with E-state index >= 15 is 0 Å². The third kappa shape index (κ3) is 4.16. The van der Waals surface area contributed by atoms with Gasteiger partial charge in [-0.25, -0.2) is 22.5 Å². The van der Waals surface area contributed by atoms with Crippen molar-refractivity contribution in [2.24, 2.45) is 5.92 Å². The van der Waals surface area contributed by atoms with Crippen molar-refractivity contribution < 1.29 is 31.1 Å². The summed E-state index contributed by atoms with van der Waals surface area (Å²) in [5, 5.41) is 7.10. The van der Waals surface area contributed by atoms with E-state index in [9.17, 15) is 31.1 Å². The number of benzene rings is 1. The molecule has 2 aliphatic carbocycles. The van der Waals surface area contributed by atoms with E-state index in [2.05, 4.69) is 36.3 Å². The van der Waals surface area contributed by atoms with Crippen LogP contribution in [0.2, 0.25) is 0 Å². The lowest BCUT2D eigenvalue weighted by Gasteiger charge is -2.21. The molecule has 0 unspecified atom stereocenters. The Hall–Kier alpha value is -3.35. The van der Waals surface area contributed by atoms with Gasteiger partial charge in [-0.3, -0.25) is 9.48 Å². The van der Waals surface area contributed by atoms with Crippen molar-refractivity contribution in [1.82, 2.24) is 25.1 Å². The highest BCUT2D eigenvalue weighted by Crippen LogP contribution is 2.68. The molecule has 38 heavy (non-hydrogen) atoms. The number of nitrogens with one attached hydrogen (secondary N) is 2. The van der Waals surface area contributed by atoms with Gasteiger partial charge in [-0.2, -0.15) is 13.9 Å². The van der Waals surface area contributed by atoms with Gasteiger partial charge < -0.3 is 10.3 Å². The number of rotatable bonds is 7. The zero-order valence-corrected chi connectivity index (χ0v) is 20.9. The van der Waals surface area contributed by atoms with E-state index < -0.39 is 65.7 Å². The van der Waals surface area contributed by atoms with Gasteiger partial charge >= 0.3 is 0 Å². The van der Waals surface area contributed by atoms with Crippen LogP contribution in [-0.2, 0) is 23.7 Å². The fourth-order valence-electron chi connectivity index (χ4n) is 5.35. The summed E-state index contributed by atoms with van der Waals surface area (Å²) in [7, 11) is 0. The Labute approximate surface area is 219 Å². The highest BCUT2D eigenvalue weighted by molar-refractivity contribution is 9.10. The van der Waals surface area contributed by atoms with Gasteiger partial charge in [-0.15, -0.1) is 0 Å². The molecule has 0 saturated heterocycles. The summed E-state index contributed by atoms with van der Waals surface area (Å²) in [5.41, 5.74) is -0.552. The van der Waals surface area contributed by atoms with Crippen LogP contribution in [0.5, 0.6) is 0 Å². The van der Waals surface area contributed by atoms with Crippen LogP contribution in [-0.4, -0.2) is 25.7 Å². The van der Waals surface area contributed by atoms with Gasteiger partial charge in [0.2, 0.25) is 5.91 Å². The lowest BCUT2D eigenvalue weighted by Crippen LogP contribution is -2.35. The highest BCUT2D eigenvalue weighted by atomic mass is 79.9. The molecule has 1 aromatic carbocycles. The van der Waals surface area contributed by atoms with E-state index in [1.807, 2.05) is 0 Å². The maximum Gasteiger partial charge on any atom is 0.293 e. The number of nitrogens with zero attached hydrogens (tertiary/aromatic N) is 3. The topological polar surface area (TPSA) is 75.6 Å². The van der Waals surface area contributed by atoms with Gasteiger partial charge in [0.15, 0.2) is 0 Å². The van der Waals surface area contributed by atoms with Crippen LogP contribution < -0.4 is 5.32 Å². The van der Waals surface area contributed by atoms with Crippen molar-refractivity contribution in [2.75, 3.05) is 0 Å². The molecule has 3 aromatic heterocycles. The zero-order chi connectivity index (χ0) is 26.9. The molecule has 4 aromatic rings. The smallest absolute Gasteiger partial charge is 0.293 e. The van der Waals surface area contributed by atoms with Crippen LogP contribution in [0.25, 0.3) is 11.0 Å². The van der Waals surface area contributed by atoms with E-state index in [4.69, 9.17) is 0 Å². The van der Waals surface area contributed by atoms with Crippen molar-refractivity contribution in [1.29, 1.82) is 0 Å². The number of pyridine rings is 1. The molecular weight excluding hydrogens is 580 g/mol. The monoisotopic (exact) mass is 597 g/mol. The fraction of sp³-hybridized carbons (Fsp3) is 0.320. The Kier molecular flexibility index (Phi) is 5.82. The molecule has 0 radical (unpaired) electrons. The van der Waals surface area contributed by atoms with Gasteiger partial charge in [0.05, 0.1) is 11.7 Å². The second-order valence-electron chi connectivity index (χ2n) is 9.55. The van der Waals surface area contributed by atoms with E-state index in [0.29, 0.717) is 26.6 Å². The average molecular weight is 598 g/mol. The minimum absolute atomic E-state index is 0.0992. The maximum atomic E-state index is 14.9. The minimum Gasteiger partial charge on any atom is -0.346 e. The molecule has 0 spiro atoms. The number of aromatic amines is 1. The molecule has 3 heterocycles. The van der Waals surface area contributed by atoms with Crippen LogP contribution in [0.15, 0.2) is 41.0 Å². The molecule has 198 valence electrons. The number of alkyl halides is 4. The summed E-state index contributed by atoms with van der Waals surface area (Å²) >= 11 is 3.41. The first-order valence-corrected chi connectivity index (χ1v) is 12.5. The van der Waals surface area contributed by atoms with Crippen LogP contribution in [0.1, 0.15) is 53.0 Å². The Morgan fingerprint density at radius 2 is 1.92 bits per heavy atom. The predicted molar refractivity (Wildman–Crippen MR) is 127 cm³/mol. The van der Waals surface area contributed by atoms with Crippen molar-refractivity contribution >= 4 is 32.9 Å². The zero-order valence-electron chi connectivity index (χ0n) is 19.3. The Bertz CT molecular complexity index is 1560. The number of halogens is 7. The van der Waals surface area contributed by atoms with E-state index in [1.165, 1.54) is 0 Å². The Morgan fingerprint density at radius 1 is 1.18 bits per heavy atom. The van der Waals surface area contributed by atoms with Crippen LogP contribution >= 0.6 is 15.9 Å². The largest absolute Gasteiger partial charge is 0.346 e. The second kappa shape index (κ2) is 8.85. The summed E-state index contributed by atoms with van der Waals surface area (Å²) in [6, 6.07) is 5.46. The van der Waals surface area contributed by atoms with Gasteiger partial charge in [0, 0.05) is 33.6 Å². The number of amides is 1. The summed E-state index contributed by atoms with van der Waals surface area (Å²) in [6.07, 6.45) is -1.40. The van der Waals surface area contributed by atoms with Crippen molar-refractivity contribution in [3.63, 3.8) is 0 Å². The van der Waals surface area contributed by atoms with Gasteiger partial charge in [-0.05, 0) is 64.5 Å². The molecule has 1 saturated carbocycles. The second-order valence-corrected chi connectivity index (χ2v) is 10.4. The first-order chi connectivity index (χ1) is 18.0. The molecule has 6 rings (SSSR count). The lowest BCUT2D eigenvalue weighted by molar-refractivity contribution is -0.123. The molecule has 0 aliphatic heterocycles. The molecule has 3 atom stereocenters. The number of carbonyl (C=O) groups excluding carboxylic acids is 1. The number of carbonyl (C=O) groups is 1. The summed E-state index contributed by atoms with van der Waals surface area (Å²) in [5.74, 6) is -7.57. The molecule has 1 fully saturated rings. The number of hydrogen-bond donors (Lipinski definition) is 2. The van der Waals surface area contributed by atoms with Gasteiger partial charge in [0.25, 0.3) is 12.3 Å². The lowest BCUT2D eigenvalue weighted by atomic mass is 10.0. The van der Waals surface area contributed by atoms with E-state index in [1.54, 1.807) is 18.3 Å². The summed E-state index contributed by atoms with van der Waals surface area (Å²) < 4.78 is 85.9. The van der Waals surface area contributed by atoms with Gasteiger partial charge in [0.1, 0.15) is 35.2 Å². The number of hydrogen-bond acceptors (Lipinski definition) is 3. The molecule has 1 amide bonds. The average Bonchev–Trinajstić information content (AvgIpc) is 3.24. The third-order valence-electron chi connectivity index (χ3n) is 7.00. The highest BCUT2D eigenvalue weighted by Gasteiger charge is 2.67. The van der Waals surface area contributed by atoms with Crippen molar-refractivity contribution in [3.05, 3.63) is 80.8 Å². The van der Waals surface area contributed by atoms with E-state index in [-0.39, 0.29) is 24.0 Å². The maximum absolute atomic E-state index is 14.9. The summed E-state index contributed by atoms with van der Waals surface area (Å²) in [6.45, 7) is -0.750. The molecule has 6 nitrogen and oxygen atoms in total. The van der Waals surface area contributed by atoms with Crippen molar-refractivity contribution in [2.45, 2.75) is 43.7 Å². The van der Waals surface area contributed by atoms with Crippen LogP contribution in [0, 0.1) is 17.6 Å². The Balaban J connectivity index is 1.33. The predicted octanol–water partition coefficient (Wildman–Crippen LogP) is 6.05. The SMILES string of the molecule is O=C(Cn1nc(C(F)F)c2c1C(F)(F)[C@@H]1C[C@H]21)N[C@@H](Cc1cc(F)cc(F)c1)c1nc2[nH]ccc2cc1Br. The number of fused-ring (bicyclic) bond motifs is 4. The molecule has 13 heteroatoms. The van der Waals surface area contributed by atoms with Gasteiger partial charge in [-0.1, -0.05) is 0 Å². The first kappa shape index (κ1) is 25.0. The molecule has 0 bridgehead atoms. The normalized spacial score (nSPS) is 20.0. The van der Waals surface area contributed by atoms with Crippen LogP contribution in [0.4, 0.5) is 26.3 Å². The number of aromatic nitrogens is 4. The molecule has 2 aliphatic rings. The van der Waals surface area contributed by atoms with Crippen LogP contribution in [0.3, 0.4) is 0 Å². The third-order valence-corrected chi connectivity index (χ3v) is 7.64. The minimum atomic E-state index is -3.37. The quantitative estimate of drug-likeness (QED) is 0.255. The van der Waals surface area contributed by atoms with Crippen molar-refractivity contribution in [3.8, 4) is 0 Å². The fourth-order valence-corrected chi connectivity index (χ4v) is 5.96. The molecule has 2 N–H and O–H groups in total. The first-order valence-electron chi connectivity index (χ1n) is 11.7. The number of H-pyrrole nitrogens is 1.